The van der Waals surface area contributed by atoms with Crippen LogP contribution in [0.25, 0.3) is 0 Å². The Balaban J connectivity index is 2.02. The molecule has 1 heterocycles. The van der Waals surface area contributed by atoms with Crippen LogP contribution in [0.2, 0.25) is 10.0 Å². The first-order chi connectivity index (χ1) is 9.56. The van der Waals surface area contributed by atoms with E-state index < -0.39 is 6.03 Å². The summed E-state index contributed by atoms with van der Waals surface area (Å²) >= 11 is 13.4. The van der Waals surface area contributed by atoms with Crippen LogP contribution in [0.5, 0.6) is 0 Å². The maximum atomic E-state index is 11.9. The van der Waals surface area contributed by atoms with E-state index in [-0.39, 0.29) is 0 Å². The molecule has 0 radical (unpaired) electrons. The van der Waals surface area contributed by atoms with Gasteiger partial charge in [-0.25, -0.2) is 9.80 Å². The number of thiophene rings is 1. The fourth-order valence-corrected chi connectivity index (χ4v) is 2.27. The summed E-state index contributed by atoms with van der Waals surface area (Å²) in [5.41, 5.74) is 0.447. The van der Waals surface area contributed by atoms with Gasteiger partial charge in [-0.2, -0.15) is 5.10 Å². The molecule has 0 saturated carbocycles. The second-order valence-electron chi connectivity index (χ2n) is 3.84. The van der Waals surface area contributed by atoms with Gasteiger partial charge < -0.3 is 5.32 Å². The predicted molar refractivity (Wildman–Crippen MR) is 85.2 cm³/mol. The zero-order chi connectivity index (χ0) is 14.5. The Morgan fingerprint density at radius 3 is 2.90 bits per heavy atom. The van der Waals surface area contributed by atoms with Gasteiger partial charge in [0, 0.05) is 16.9 Å². The van der Waals surface area contributed by atoms with E-state index in [4.69, 9.17) is 23.2 Å². The van der Waals surface area contributed by atoms with Crippen LogP contribution in [0, 0.1) is 0 Å². The highest BCUT2D eigenvalue weighted by molar-refractivity contribution is 7.11. The number of hydrogen-bond acceptors (Lipinski definition) is 3. The van der Waals surface area contributed by atoms with Crippen molar-refractivity contribution in [3.8, 4) is 0 Å². The van der Waals surface area contributed by atoms with Gasteiger partial charge in [-0.1, -0.05) is 29.3 Å². The smallest absolute Gasteiger partial charge is 0.305 e. The van der Waals surface area contributed by atoms with E-state index in [9.17, 15) is 4.79 Å². The van der Waals surface area contributed by atoms with Crippen molar-refractivity contribution in [3.05, 3.63) is 50.6 Å². The molecule has 2 amide bonds. The van der Waals surface area contributed by atoms with E-state index >= 15 is 0 Å². The molecule has 0 aliphatic carbocycles. The van der Waals surface area contributed by atoms with Crippen molar-refractivity contribution in [1.82, 2.24) is 5.01 Å². The molecule has 2 rings (SSSR count). The molecule has 20 heavy (non-hydrogen) atoms. The maximum Gasteiger partial charge on any atom is 0.342 e. The summed E-state index contributed by atoms with van der Waals surface area (Å²) in [6.07, 6.45) is 1.61. The highest BCUT2D eigenvalue weighted by atomic mass is 35.5. The molecule has 0 saturated heterocycles. The molecule has 0 spiro atoms. The molecule has 4 nitrogen and oxygen atoms in total. The van der Waals surface area contributed by atoms with E-state index in [1.807, 2.05) is 17.5 Å². The first kappa shape index (κ1) is 14.8. The third-order valence-corrected chi connectivity index (χ3v) is 3.74. The second kappa shape index (κ2) is 6.74. The lowest BCUT2D eigenvalue weighted by Crippen LogP contribution is -2.27. The van der Waals surface area contributed by atoms with Gasteiger partial charge in [0.25, 0.3) is 0 Å². The van der Waals surface area contributed by atoms with Gasteiger partial charge in [0.1, 0.15) is 0 Å². The topological polar surface area (TPSA) is 44.7 Å². The number of carbonyl (C=O) groups is 1. The van der Waals surface area contributed by atoms with E-state index in [2.05, 4.69) is 10.4 Å². The van der Waals surface area contributed by atoms with Crippen molar-refractivity contribution in [3.63, 3.8) is 0 Å². The van der Waals surface area contributed by atoms with Gasteiger partial charge >= 0.3 is 6.03 Å². The van der Waals surface area contributed by atoms with Crippen LogP contribution in [-0.2, 0) is 0 Å². The van der Waals surface area contributed by atoms with E-state index in [1.165, 1.54) is 16.3 Å². The number of rotatable bonds is 3. The fraction of sp³-hybridized carbons (Fsp3) is 0.0769. The summed E-state index contributed by atoms with van der Waals surface area (Å²) in [4.78, 5) is 12.9. The summed E-state index contributed by atoms with van der Waals surface area (Å²) in [6, 6.07) is 8.28. The molecule has 0 unspecified atom stereocenters. The van der Waals surface area contributed by atoms with Crippen LogP contribution >= 0.6 is 34.5 Å². The highest BCUT2D eigenvalue weighted by Crippen LogP contribution is 2.25. The molecule has 0 atom stereocenters. The van der Waals surface area contributed by atoms with Crippen molar-refractivity contribution in [2.75, 3.05) is 12.4 Å². The Morgan fingerprint density at radius 1 is 1.40 bits per heavy atom. The van der Waals surface area contributed by atoms with Crippen LogP contribution in [0.3, 0.4) is 0 Å². The van der Waals surface area contributed by atoms with Crippen molar-refractivity contribution in [2.45, 2.75) is 0 Å². The minimum absolute atomic E-state index is 0.401. The number of amides is 2. The van der Waals surface area contributed by atoms with Crippen molar-refractivity contribution in [2.24, 2.45) is 5.10 Å². The molecule has 104 valence electrons. The van der Waals surface area contributed by atoms with Crippen molar-refractivity contribution < 1.29 is 4.79 Å². The van der Waals surface area contributed by atoms with Crippen LogP contribution in [0.1, 0.15) is 4.88 Å². The van der Waals surface area contributed by atoms with Gasteiger partial charge in [0.15, 0.2) is 0 Å². The lowest BCUT2D eigenvalue weighted by Gasteiger charge is -2.13. The molecule has 1 N–H and O–H groups in total. The minimum Gasteiger partial charge on any atom is -0.305 e. The maximum absolute atomic E-state index is 11.9. The minimum atomic E-state index is -0.401. The summed E-state index contributed by atoms with van der Waals surface area (Å²) in [6.45, 7) is 0. The Kier molecular flexibility index (Phi) is 5.00. The van der Waals surface area contributed by atoms with Gasteiger partial charge in [-0.05, 0) is 29.6 Å². The zero-order valence-electron chi connectivity index (χ0n) is 10.5. The van der Waals surface area contributed by atoms with Gasteiger partial charge in [-0.15, -0.1) is 11.3 Å². The second-order valence-corrected chi connectivity index (χ2v) is 5.66. The van der Waals surface area contributed by atoms with Gasteiger partial charge in [0.05, 0.1) is 16.9 Å². The standard InChI is InChI=1S/C13H11Cl2N3OS/c1-18(16-8-10-3-2-6-20-10)13(19)17-12-7-9(14)4-5-11(12)15/h2-8H,1H3,(H,17,19)/b16-8+. The molecule has 0 bridgehead atoms. The summed E-state index contributed by atoms with van der Waals surface area (Å²) in [5, 5.41) is 10.7. The number of urea groups is 1. The number of halogens is 2. The van der Waals surface area contributed by atoms with Crippen LogP contribution < -0.4 is 5.32 Å². The highest BCUT2D eigenvalue weighted by Gasteiger charge is 2.10. The monoisotopic (exact) mass is 327 g/mol. The molecule has 0 aliphatic rings. The Bertz CT molecular complexity index is 629. The van der Waals surface area contributed by atoms with Crippen molar-refractivity contribution in [1.29, 1.82) is 0 Å². The number of benzene rings is 1. The number of hydrogen-bond donors (Lipinski definition) is 1. The Labute approximate surface area is 130 Å². The van der Waals surface area contributed by atoms with Crippen LogP contribution in [-0.4, -0.2) is 24.3 Å². The van der Waals surface area contributed by atoms with Crippen LogP contribution in [0.4, 0.5) is 10.5 Å². The molecule has 2 aromatic rings. The lowest BCUT2D eigenvalue weighted by atomic mass is 10.3. The zero-order valence-corrected chi connectivity index (χ0v) is 12.8. The lowest BCUT2D eigenvalue weighted by molar-refractivity contribution is 0.224. The Morgan fingerprint density at radius 2 is 2.20 bits per heavy atom. The molecule has 0 fully saturated rings. The Hall–Kier alpha value is -1.56. The molecule has 1 aromatic heterocycles. The third-order valence-electron chi connectivity index (χ3n) is 2.37. The SMILES string of the molecule is CN(/N=C/c1cccs1)C(=O)Nc1cc(Cl)ccc1Cl. The average molecular weight is 328 g/mol. The largest absolute Gasteiger partial charge is 0.342 e. The van der Waals surface area contributed by atoms with E-state index in [1.54, 1.807) is 31.5 Å². The number of anilines is 1. The normalized spacial score (nSPS) is 10.8. The first-order valence-corrected chi connectivity index (χ1v) is 7.27. The molecule has 1 aromatic carbocycles. The number of nitrogens with zero attached hydrogens (tertiary/aromatic N) is 2. The van der Waals surface area contributed by atoms with Gasteiger partial charge in [0.2, 0.25) is 0 Å². The van der Waals surface area contributed by atoms with E-state index in [0.717, 1.165) is 4.88 Å². The molecular weight excluding hydrogens is 317 g/mol. The summed E-state index contributed by atoms with van der Waals surface area (Å²) < 4.78 is 0. The third kappa shape index (κ3) is 3.96. The van der Waals surface area contributed by atoms with Crippen molar-refractivity contribution >= 4 is 52.5 Å². The predicted octanol–water partition coefficient (Wildman–Crippen LogP) is 4.55. The fourth-order valence-electron chi connectivity index (χ4n) is 1.35. The summed E-state index contributed by atoms with van der Waals surface area (Å²) in [5.74, 6) is 0. The number of carbonyl (C=O) groups excluding carboxylic acids is 1. The number of hydrazone groups is 1. The number of nitrogens with one attached hydrogen (secondary N) is 1. The quantitative estimate of drug-likeness (QED) is 0.652. The molecule has 0 aliphatic heterocycles. The molecule has 7 heteroatoms. The van der Waals surface area contributed by atoms with Gasteiger partial charge in [-0.3, -0.25) is 0 Å². The first-order valence-electron chi connectivity index (χ1n) is 5.63. The van der Waals surface area contributed by atoms with Crippen LogP contribution in [0.15, 0.2) is 40.8 Å². The van der Waals surface area contributed by atoms with E-state index in [0.29, 0.717) is 15.7 Å². The average Bonchev–Trinajstić information content (AvgIpc) is 2.93. The molecular formula is C13H11Cl2N3OS. The summed E-state index contributed by atoms with van der Waals surface area (Å²) in [7, 11) is 1.55.